The first-order valence-corrected chi connectivity index (χ1v) is 8.89. The minimum absolute atomic E-state index is 0.181. The summed E-state index contributed by atoms with van der Waals surface area (Å²) >= 11 is 9.28. The summed E-state index contributed by atoms with van der Waals surface area (Å²) in [6.45, 7) is 2.75. The Kier molecular flexibility index (Phi) is 5.13. The predicted molar refractivity (Wildman–Crippen MR) is 90.6 cm³/mol. The zero-order chi connectivity index (χ0) is 15.5. The molecular formula is C14H14BrClN2O2S. The van der Waals surface area contributed by atoms with Crippen LogP contribution in [0.2, 0.25) is 5.02 Å². The standard InChI is InChI=1S/C14H14BrClN2O2S/c1-2-17-11-4-6-12(7-5-11)21(19,20)18-14-9-10(15)3-8-13(14)16/h3-9,17-18H,2H2,1H3. The van der Waals surface area contributed by atoms with Gasteiger partial charge in [-0.3, -0.25) is 4.72 Å². The first kappa shape index (κ1) is 16.1. The third kappa shape index (κ3) is 4.12. The smallest absolute Gasteiger partial charge is 0.261 e. The Balaban J connectivity index is 2.27. The van der Waals surface area contributed by atoms with Gasteiger partial charge in [-0.15, -0.1) is 0 Å². The predicted octanol–water partition coefficient (Wildman–Crippen LogP) is 4.34. The van der Waals surface area contributed by atoms with E-state index in [-0.39, 0.29) is 4.90 Å². The van der Waals surface area contributed by atoms with Gasteiger partial charge in [0.25, 0.3) is 10.0 Å². The van der Waals surface area contributed by atoms with Crippen LogP contribution in [-0.2, 0) is 10.0 Å². The summed E-state index contributed by atoms with van der Waals surface area (Å²) in [5.74, 6) is 0. The largest absolute Gasteiger partial charge is 0.385 e. The minimum atomic E-state index is -3.67. The van der Waals surface area contributed by atoms with E-state index in [2.05, 4.69) is 26.0 Å². The molecule has 0 fully saturated rings. The third-order valence-corrected chi connectivity index (χ3v) is 4.92. The molecule has 0 heterocycles. The summed E-state index contributed by atoms with van der Waals surface area (Å²) in [5, 5.41) is 3.45. The molecule has 0 aliphatic rings. The monoisotopic (exact) mass is 388 g/mol. The number of hydrogen-bond donors (Lipinski definition) is 2. The Hall–Kier alpha value is -1.24. The number of sulfonamides is 1. The Morgan fingerprint density at radius 3 is 2.43 bits per heavy atom. The summed E-state index contributed by atoms with van der Waals surface area (Å²) in [5.41, 5.74) is 1.21. The van der Waals surface area contributed by atoms with Gasteiger partial charge in [-0.05, 0) is 49.4 Å². The van der Waals surface area contributed by atoms with Crippen molar-refractivity contribution < 1.29 is 8.42 Å². The number of halogens is 2. The second kappa shape index (κ2) is 6.68. The van der Waals surface area contributed by atoms with Gasteiger partial charge in [0.05, 0.1) is 15.6 Å². The van der Waals surface area contributed by atoms with Gasteiger partial charge < -0.3 is 5.32 Å². The van der Waals surface area contributed by atoms with Crippen LogP contribution in [0.4, 0.5) is 11.4 Å². The average Bonchev–Trinajstić information content (AvgIpc) is 2.44. The fourth-order valence-electron chi connectivity index (χ4n) is 1.74. The molecule has 0 aliphatic carbocycles. The van der Waals surface area contributed by atoms with Gasteiger partial charge in [-0.2, -0.15) is 0 Å². The molecule has 0 spiro atoms. The summed E-state index contributed by atoms with van der Waals surface area (Å²) in [6.07, 6.45) is 0. The van der Waals surface area contributed by atoms with Gasteiger partial charge >= 0.3 is 0 Å². The van der Waals surface area contributed by atoms with E-state index in [1.165, 1.54) is 0 Å². The summed E-state index contributed by atoms with van der Waals surface area (Å²) < 4.78 is 27.9. The van der Waals surface area contributed by atoms with Crippen molar-refractivity contribution in [1.29, 1.82) is 0 Å². The van der Waals surface area contributed by atoms with Crippen LogP contribution in [0, 0.1) is 0 Å². The number of hydrogen-bond acceptors (Lipinski definition) is 3. The van der Waals surface area contributed by atoms with E-state index in [4.69, 9.17) is 11.6 Å². The second-order valence-electron chi connectivity index (χ2n) is 4.28. The zero-order valence-electron chi connectivity index (χ0n) is 11.2. The van der Waals surface area contributed by atoms with E-state index in [1.54, 1.807) is 42.5 Å². The van der Waals surface area contributed by atoms with Crippen molar-refractivity contribution in [3.05, 3.63) is 52.0 Å². The second-order valence-corrected chi connectivity index (χ2v) is 7.29. The Morgan fingerprint density at radius 1 is 1.14 bits per heavy atom. The Bertz CT molecular complexity index is 733. The molecule has 112 valence electrons. The van der Waals surface area contributed by atoms with E-state index in [0.29, 0.717) is 10.7 Å². The number of anilines is 2. The molecule has 2 rings (SSSR count). The molecule has 2 aromatic rings. The normalized spacial score (nSPS) is 11.2. The maximum atomic E-state index is 12.3. The van der Waals surface area contributed by atoms with E-state index in [1.807, 2.05) is 6.92 Å². The molecule has 21 heavy (non-hydrogen) atoms. The maximum absolute atomic E-state index is 12.3. The quantitative estimate of drug-likeness (QED) is 0.800. The van der Waals surface area contributed by atoms with Crippen LogP contribution in [0.25, 0.3) is 0 Å². The number of nitrogens with one attached hydrogen (secondary N) is 2. The molecule has 0 aliphatic heterocycles. The molecular weight excluding hydrogens is 376 g/mol. The molecule has 0 saturated heterocycles. The SMILES string of the molecule is CCNc1ccc(S(=O)(=O)Nc2cc(Br)ccc2Cl)cc1. The molecule has 0 amide bonds. The van der Waals surface area contributed by atoms with Crippen molar-refractivity contribution in [2.75, 3.05) is 16.6 Å². The fourth-order valence-corrected chi connectivity index (χ4v) is 3.39. The Morgan fingerprint density at radius 2 is 1.81 bits per heavy atom. The minimum Gasteiger partial charge on any atom is -0.385 e. The van der Waals surface area contributed by atoms with Gasteiger partial charge in [0.1, 0.15) is 0 Å². The van der Waals surface area contributed by atoms with Gasteiger partial charge in [0, 0.05) is 16.7 Å². The topological polar surface area (TPSA) is 58.2 Å². The molecule has 0 bridgehead atoms. The molecule has 7 heteroatoms. The first-order valence-electron chi connectivity index (χ1n) is 6.24. The van der Waals surface area contributed by atoms with Gasteiger partial charge in [0.2, 0.25) is 0 Å². The third-order valence-electron chi connectivity index (χ3n) is 2.72. The first-order chi connectivity index (χ1) is 9.92. The molecule has 2 aromatic carbocycles. The van der Waals surface area contributed by atoms with Crippen molar-refractivity contribution in [3.63, 3.8) is 0 Å². The molecule has 0 aromatic heterocycles. The van der Waals surface area contributed by atoms with Gasteiger partial charge in [0.15, 0.2) is 0 Å². The van der Waals surface area contributed by atoms with E-state index in [9.17, 15) is 8.42 Å². The van der Waals surface area contributed by atoms with Crippen molar-refractivity contribution in [2.45, 2.75) is 11.8 Å². The highest BCUT2D eigenvalue weighted by Crippen LogP contribution is 2.28. The van der Waals surface area contributed by atoms with E-state index < -0.39 is 10.0 Å². The lowest BCUT2D eigenvalue weighted by Crippen LogP contribution is -2.13. The average molecular weight is 390 g/mol. The van der Waals surface area contributed by atoms with E-state index >= 15 is 0 Å². The highest BCUT2D eigenvalue weighted by Gasteiger charge is 2.15. The summed E-state index contributed by atoms with van der Waals surface area (Å²) in [6, 6.07) is 11.5. The molecule has 4 nitrogen and oxygen atoms in total. The fraction of sp³-hybridized carbons (Fsp3) is 0.143. The maximum Gasteiger partial charge on any atom is 0.261 e. The molecule has 0 atom stereocenters. The van der Waals surface area contributed by atoms with Crippen LogP contribution < -0.4 is 10.0 Å². The lowest BCUT2D eigenvalue weighted by molar-refractivity contribution is 0.601. The summed E-state index contributed by atoms with van der Waals surface area (Å²) in [7, 11) is -3.67. The lowest BCUT2D eigenvalue weighted by atomic mass is 10.3. The molecule has 0 radical (unpaired) electrons. The van der Waals surface area contributed by atoms with Crippen LogP contribution in [0.15, 0.2) is 51.8 Å². The molecule has 0 saturated carbocycles. The van der Waals surface area contributed by atoms with E-state index in [0.717, 1.165) is 16.7 Å². The van der Waals surface area contributed by atoms with Gasteiger partial charge in [-0.25, -0.2) is 8.42 Å². The summed E-state index contributed by atoms with van der Waals surface area (Å²) in [4.78, 5) is 0.181. The number of rotatable bonds is 5. The van der Waals surface area contributed by atoms with Crippen molar-refractivity contribution in [1.82, 2.24) is 0 Å². The highest BCUT2D eigenvalue weighted by atomic mass is 79.9. The zero-order valence-corrected chi connectivity index (χ0v) is 14.4. The van der Waals surface area contributed by atoms with Crippen LogP contribution >= 0.6 is 27.5 Å². The van der Waals surface area contributed by atoms with Crippen LogP contribution in [-0.4, -0.2) is 15.0 Å². The lowest BCUT2D eigenvalue weighted by Gasteiger charge is -2.11. The highest BCUT2D eigenvalue weighted by molar-refractivity contribution is 9.10. The van der Waals surface area contributed by atoms with Gasteiger partial charge in [-0.1, -0.05) is 27.5 Å². The van der Waals surface area contributed by atoms with Crippen LogP contribution in [0.5, 0.6) is 0 Å². The van der Waals surface area contributed by atoms with Crippen molar-refractivity contribution in [3.8, 4) is 0 Å². The van der Waals surface area contributed by atoms with Crippen molar-refractivity contribution >= 4 is 48.9 Å². The Labute approximate surface area is 137 Å². The number of benzene rings is 2. The van der Waals surface area contributed by atoms with Crippen LogP contribution in [0.1, 0.15) is 6.92 Å². The van der Waals surface area contributed by atoms with Crippen LogP contribution in [0.3, 0.4) is 0 Å². The molecule has 2 N–H and O–H groups in total. The van der Waals surface area contributed by atoms with Crippen molar-refractivity contribution in [2.24, 2.45) is 0 Å². The molecule has 0 unspecified atom stereocenters.